The monoisotopic (exact) mass is 295 g/mol. The summed E-state index contributed by atoms with van der Waals surface area (Å²) in [4.78, 5) is 5.26. The van der Waals surface area contributed by atoms with Crippen LogP contribution in [0.4, 0.5) is 4.39 Å². The van der Waals surface area contributed by atoms with Gasteiger partial charge in [0.15, 0.2) is 5.82 Å². The predicted octanol–water partition coefficient (Wildman–Crippen LogP) is 1.90. The van der Waals surface area contributed by atoms with Crippen LogP contribution >= 0.6 is 11.8 Å². The van der Waals surface area contributed by atoms with Crippen molar-refractivity contribution in [2.75, 3.05) is 6.54 Å². The number of halogens is 1. The van der Waals surface area contributed by atoms with Crippen molar-refractivity contribution < 1.29 is 14.0 Å². The number of rotatable bonds is 4. The number of hydrogen-bond donors (Lipinski definition) is 2. The van der Waals surface area contributed by atoms with Gasteiger partial charge >= 0.3 is 0 Å². The lowest BCUT2D eigenvalue weighted by Gasteiger charge is -2.01. The molecule has 1 aliphatic heterocycles. The fourth-order valence-corrected chi connectivity index (χ4v) is 2.79. The minimum Gasteiger partial charge on any atom is -0.392 e. The highest BCUT2D eigenvalue weighted by atomic mass is 32.2. The van der Waals surface area contributed by atoms with Crippen LogP contribution in [-0.2, 0) is 5.75 Å². The fourth-order valence-electron chi connectivity index (χ4n) is 2.05. The lowest BCUT2D eigenvalue weighted by atomic mass is 10.2. The first-order valence-electron chi connectivity index (χ1n) is 6.33. The summed E-state index contributed by atoms with van der Waals surface area (Å²) in [6.45, 7) is 0.548. The Balaban J connectivity index is 1.58. The van der Waals surface area contributed by atoms with Gasteiger partial charge in [-0.25, -0.2) is 4.39 Å². The lowest BCUT2D eigenvalue weighted by Crippen LogP contribution is -2.15. The van der Waals surface area contributed by atoms with Crippen LogP contribution in [-0.4, -0.2) is 27.9 Å². The minimum atomic E-state index is -0.357. The highest BCUT2D eigenvalue weighted by Gasteiger charge is 2.27. The maximum absolute atomic E-state index is 12.8. The highest BCUT2D eigenvalue weighted by Crippen LogP contribution is 2.25. The number of thioether (sulfide) groups is 1. The summed E-state index contributed by atoms with van der Waals surface area (Å²) >= 11 is 1.52. The summed E-state index contributed by atoms with van der Waals surface area (Å²) in [5.74, 6) is 1.42. The molecule has 5 nitrogen and oxygen atoms in total. The van der Waals surface area contributed by atoms with Gasteiger partial charge in [0, 0.05) is 11.4 Å². The minimum absolute atomic E-state index is 0.0675. The first kappa shape index (κ1) is 13.5. The molecule has 1 aromatic carbocycles. The van der Waals surface area contributed by atoms with E-state index in [9.17, 15) is 9.50 Å². The van der Waals surface area contributed by atoms with Crippen LogP contribution in [0.3, 0.4) is 0 Å². The van der Waals surface area contributed by atoms with Crippen LogP contribution in [0.5, 0.6) is 0 Å². The molecule has 2 heterocycles. The van der Waals surface area contributed by atoms with Gasteiger partial charge in [-0.05, 0) is 30.7 Å². The Labute approximate surface area is 119 Å². The van der Waals surface area contributed by atoms with Gasteiger partial charge in [0.2, 0.25) is 5.89 Å². The van der Waals surface area contributed by atoms with E-state index in [1.54, 1.807) is 12.1 Å². The van der Waals surface area contributed by atoms with Gasteiger partial charge in [-0.1, -0.05) is 5.16 Å². The molecule has 0 aliphatic carbocycles. The van der Waals surface area contributed by atoms with Crippen molar-refractivity contribution in [2.45, 2.75) is 29.2 Å². The van der Waals surface area contributed by atoms with Crippen molar-refractivity contribution in [1.82, 2.24) is 15.5 Å². The van der Waals surface area contributed by atoms with Crippen LogP contribution in [0.15, 0.2) is 33.7 Å². The van der Waals surface area contributed by atoms with E-state index in [0.717, 1.165) is 4.90 Å². The third-order valence-corrected chi connectivity index (χ3v) is 4.08. The summed E-state index contributed by atoms with van der Waals surface area (Å²) in [5.41, 5.74) is 0. The molecule has 106 valence electrons. The van der Waals surface area contributed by atoms with Crippen molar-refractivity contribution >= 4 is 11.8 Å². The third kappa shape index (κ3) is 3.17. The molecular formula is C13H14FN3O2S. The van der Waals surface area contributed by atoms with Crippen LogP contribution in [0.1, 0.15) is 24.2 Å². The first-order valence-corrected chi connectivity index (χ1v) is 7.31. The molecule has 1 saturated heterocycles. The number of nitrogens with zero attached hydrogens (tertiary/aromatic N) is 2. The molecule has 0 unspecified atom stereocenters. The van der Waals surface area contributed by atoms with Gasteiger partial charge in [0.1, 0.15) is 5.82 Å². The zero-order chi connectivity index (χ0) is 13.9. The normalized spacial score (nSPS) is 22.3. The smallest absolute Gasteiger partial charge is 0.243 e. The number of aliphatic hydroxyl groups is 1. The number of benzene rings is 1. The van der Waals surface area contributed by atoms with E-state index < -0.39 is 0 Å². The maximum atomic E-state index is 12.8. The maximum Gasteiger partial charge on any atom is 0.243 e. The lowest BCUT2D eigenvalue weighted by molar-refractivity contribution is 0.191. The molecule has 0 bridgehead atoms. The zero-order valence-corrected chi connectivity index (χ0v) is 11.4. The van der Waals surface area contributed by atoms with Gasteiger partial charge < -0.3 is 14.9 Å². The largest absolute Gasteiger partial charge is 0.392 e. The SMILES string of the molecule is O[C@@H]1CN[C@@H](c2nc(CSc3ccc(F)cc3)no2)C1. The molecule has 2 atom stereocenters. The number of nitrogens with one attached hydrogen (secondary N) is 1. The van der Waals surface area contributed by atoms with E-state index in [1.807, 2.05) is 0 Å². The Bertz CT molecular complexity index is 575. The third-order valence-electron chi connectivity index (χ3n) is 3.07. The quantitative estimate of drug-likeness (QED) is 0.839. The summed E-state index contributed by atoms with van der Waals surface area (Å²) in [6.07, 6.45) is 0.233. The fraction of sp³-hybridized carbons (Fsp3) is 0.385. The number of hydrogen-bond acceptors (Lipinski definition) is 6. The van der Waals surface area contributed by atoms with Crippen molar-refractivity contribution in [3.05, 3.63) is 41.8 Å². The predicted molar refractivity (Wildman–Crippen MR) is 71.6 cm³/mol. The second-order valence-corrected chi connectivity index (χ2v) is 5.69. The molecular weight excluding hydrogens is 281 g/mol. The molecule has 2 N–H and O–H groups in total. The average molecular weight is 295 g/mol. The Morgan fingerprint density at radius 3 is 2.90 bits per heavy atom. The van der Waals surface area contributed by atoms with Gasteiger partial charge in [-0.2, -0.15) is 4.98 Å². The number of aromatic nitrogens is 2. The molecule has 7 heteroatoms. The summed E-state index contributed by atoms with van der Waals surface area (Å²) < 4.78 is 18.0. The molecule has 20 heavy (non-hydrogen) atoms. The van der Waals surface area contributed by atoms with Crippen LogP contribution in [0, 0.1) is 5.82 Å². The van der Waals surface area contributed by atoms with E-state index in [2.05, 4.69) is 15.5 Å². The van der Waals surface area contributed by atoms with Crippen molar-refractivity contribution in [3.63, 3.8) is 0 Å². The van der Waals surface area contributed by atoms with Gasteiger partial charge in [0.05, 0.1) is 17.9 Å². The number of aliphatic hydroxyl groups excluding tert-OH is 1. The molecule has 1 fully saturated rings. The molecule has 0 amide bonds. The summed E-state index contributed by atoms with van der Waals surface area (Å²) in [7, 11) is 0. The van der Waals surface area contributed by atoms with E-state index >= 15 is 0 Å². The van der Waals surface area contributed by atoms with Gasteiger partial charge in [-0.15, -0.1) is 11.8 Å². The summed E-state index contributed by atoms with van der Waals surface area (Å²) in [5, 5.41) is 16.5. The second-order valence-electron chi connectivity index (χ2n) is 4.64. The van der Waals surface area contributed by atoms with Crippen LogP contribution in [0.2, 0.25) is 0 Å². The van der Waals surface area contributed by atoms with Gasteiger partial charge in [0.25, 0.3) is 0 Å². The Morgan fingerprint density at radius 1 is 1.40 bits per heavy atom. The van der Waals surface area contributed by atoms with E-state index in [-0.39, 0.29) is 18.0 Å². The molecule has 1 aliphatic rings. The molecule has 1 aromatic heterocycles. The molecule has 0 saturated carbocycles. The molecule has 0 spiro atoms. The topological polar surface area (TPSA) is 71.2 Å². The number of β-amino-alcohol motifs (C(OH)–C–C–N with tert-alkyl or cyclic N) is 1. The summed E-state index contributed by atoms with van der Waals surface area (Å²) in [6, 6.07) is 6.22. The molecule has 3 rings (SSSR count). The standard InChI is InChI=1S/C13H14FN3O2S/c14-8-1-3-10(4-2-8)20-7-12-16-13(19-17-12)11-5-9(18)6-15-11/h1-4,9,11,15,18H,5-7H2/t9-,11+/m0/s1. The van der Waals surface area contributed by atoms with Crippen LogP contribution < -0.4 is 5.32 Å². The van der Waals surface area contributed by atoms with E-state index in [4.69, 9.17) is 4.52 Å². The Hall–Kier alpha value is -1.44. The van der Waals surface area contributed by atoms with Gasteiger partial charge in [-0.3, -0.25) is 0 Å². The van der Waals surface area contributed by atoms with Crippen molar-refractivity contribution in [1.29, 1.82) is 0 Å². The first-order chi connectivity index (χ1) is 9.70. The molecule has 2 aromatic rings. The van der Waals surface area contributed by atoms with E-state index in [0.29, 0.717) is 30.4 Å². The van der Waals surface area contributed by atoms with Crippen molar-refractivity contribution in [3.8, 4) is 0 Å². The van der Waals surface area contributed by atoms with Crippen LogP contribution in [0.25, 0.3) is 0 Å². The Morgan fingerprint density at radius 2 is 2.20 bits per heavy atom. The highest BCUT2D eigenvalue weighted by molar-refractivity contribution is 7.98. The Kier molecular flexibility index (Phi) is 4.00. The van der Waals surface area contributed by atoms with E-state index in [1.165, 1.54) is 23.9 Å². The molecule has 0 radical (unpaired) electrons. The second kappa shape index (κ2) is 5.90. The van der Waals surface area contributed by atoms with Crippen molar-refractivity contribution in [2.24, 2.45) is 0 Å². The average Bonchev–Trinajstić information content (AvgIpc) is 3.07. The zero-order valence-electron chi connectivity index (χ0n) is 10.6.